The summed E-state index contributed by atoms with van der Waals surface area (Å²) >= 11 is 0. The maximum atomic E-state index is 12.6. The average molecular weight is 383 g/mol. The van der Waals surface area contributed by atoms with Crippen LogP contribution in [0.4, 0.5) is 4.79 Å². The summed E-state index contributed by atoms with van der Waals surface area (Å²) < 4.78 is 5.39. The highest BCUT2D eigenvalue weighted by Crippen LogP contribution is 2.28. The largest absolute Gasteiger partial charge is 0.496 e. The summed E-state index contributed by atoms with van der Waals surface area (Å²) in [6.45, 7) is 4.95. The van der Waals surface area contributed by atoms with E-state index < -0.39 is 0 Å². The first kappa shape index (κ1) is 21.3. The highest BCUT2D eigenvalue weighted by Gasteiger charge is 2.20. The van der Waals surface area contributed by atoms with E-state index in [4.69, 9.17) is 4.74 Å². The van der Waals surface area contributed by atoms with Crippen LogP contribution in [-0.4, -0.2) is 37.5 Å². The molecule has 3 amide bonds. The van der Waals surface area contributed by atoms with Gasteiger partial charge in [-0.25, -0.2) is 4.79 Å². The molecule has 0 aliphatic heterocycles. The number of hydrogen-bond acceptors (Lipinski definition) is 3. The molecule has 1 unspecified atom stereocenters. The summed E-state index contributed by atoms with van der Waals surface area (Å²) in [5, 5.41) is 5.77. The van der Waals surface area contributed by atoms with E-state index in [9.17, 15) is 9.59 Å². The van der Waals surface area contributed by atoms with E-state index in [0.717, 1.165) is 23.3 Å². The SMILES string of the molecule is CCCNC(=O)c1cccc(CNC(=O)N(C)C(C)c2ccccc2OC)c1. The van der Waals surface area contributed by atoms with Crippen LogP contribution in [0, 0.1) is 0 Å². The van der Waals surface area contributed by atoms with Gasteiger partial charge in [-0.05, 0) is 37.1 Å². The van der Waals surface area contributed by atoms with Crippen LogP contribution in [0.2, 0.25) is 0 Å². The van der Waals surface area contributed by atoms with Crippen LogP contribution in [0.3, 0.4) is 0 Å². The van der Waals surface area contributed by atoms with Crippen LogP contribution < -0.4 is 15.4 Å². The second-order valence-corrected chi connectivity index (χ2v) is 6.64. The predicted octanol–water partition coefficient (Wildman–Crippen LogP) is 3.74. The van der Waals surface area contributed by atoms with Crippen molar-refractivity contribution < 1.29 is 14.3 Å². The van der Waals surface area contributed by atoms with Gasteiger partial charge < -0.3 is 20.3 Å². The van der Waals surface area contributed by atoms with Crippen molar-refractivity contribution in [2.75, 3.05) is 20.7 Å². The van der Waals surface area contributed by atoms with Crippen LogP contribution >= 0.6 is 0 Å². The Hall–Kier alpha value is -3.02. The number of carbonyl (C=O) groups excluding carboxylic acids is 2. The van der Waals surface area contributed by atoms with Gasteiger partial charge in [0, 0.05) is 31.3 Å². The molecule has 0 radical (unpaired) electrons. The molecule has 0 spiro atoms. The fraction of sp³-hybridized carbons (Fsp3) is 0.364. The Morgan fingerprint density at radius 2 is 1.86 bits per heavy atom. The molecule has 0 aliphatic rings. The third-order valence-corrected chi connectivity index (χ3v) is 4.66. The quantitative estimate of drug-likeness (QED) is 0.730. The van der Waals surface area contributed by atoms with E-state index in [1.807, 2.05) is 50.2 Å². The van der Waals surface area contributed by atoms with Crippen molar-refractivity contribution in [3.05, 3.63) is 65.2 Å². The molecule has 150 valence electrons. The first-order chi connectivity index (χ1) is 13.5. The van der Waals surface area contributed by atoms with Gasteiger partial charge in [-0.3, -0.25) is 4.79 Å². The molecule has 1 atom stereocenters. The van der Waals surface area contributed by atoms with E-state index in [1.54, 1.807) is 31.2 Å². The predicted molar refractivity (Wildman–Crippen MR) is 110 cm³/mol. The lowest BCUT2D eigenvalue weighted by atomic mass is 10.1. The summed E-state index contributed by atoms with van der Waals surface area (Å²) in [6, 6.07) is 14.6. The van der Waals surface area contributed by atoms with Gasteiger partial charge in [0.1, 0.15) is 5.75 Å². The Labute approximate surface area is 166 Å². The molecular formula is C22H29N3O3. The molecule has 28 heavy (non-hydrogen) atoms. The van der Waals surface area contributed by atoms with Crippen LogP contribution in [0.25, 0.3) is 0 Å². The first-order valence-corrected chi connectivity index (χ1v) is 9.48. The molecule has 2 aromatic rings. The molecule has 0 aromatic heterocycles. The number of amides is 3. The lowest BCUT2D eigenvalue weighted by Crippen LogP contribution is -2.38. The number of nitrogens with zero attached hydrogens (tertiary/aromatic N) is 1. The molecule has 6 nitrogen and oxygen atoms in total. The number of rotatable bonds is 8. The standard InChI is InChI=1S/C22H29N3O3/c1-5-13-23-21(26)18-10-8-9-17(14-18)15-24-22(27)25(3)16(2)19-11-6-7-12-20(19)28-4/h6-12,14,16H,5,13,15H2,1-4H3,(H,23,26)(H,24,27). The summed E-state index contributed by atoms with van der Waals surface area (Å²) in [5.41, 5.74) is 2.41. The monoisotopic (exact) mass is 383 g/mol. The van der Waals surface area contributed by atoms with Crippen molar-refractivity contribution in [3.8, 4) is 5.75 Å². The molecule has 2 rings (SSSR count). The van der Waals surface area contributed by atoms with Crippen LogP contribution in [0.1, 0.15) is 47.8 Å². The number of para-hydroxylation sites is 1. The number of benzene rings is 2. The molecular weight excluding hydrogens is 354 g/mol. The molecule has 0 aliphatic carbocycles. The lowest BCUT2D eigenvalue weighted by Gasteiger charge is -2.26. The van der Waals surface area contributed by atoms with E-state index in [1.165, 1.54) is 0 Å². The third kappa shape index (κ3) is 5.49. The van der Waals surface area contributed by atoms with E-state index >= 15 is 0 Å². The fourth-order valence-electron chi connectivity index (χ4n) is 2.86. The Balaban J connectivity index is 1.98. The zero-order chi connectivity index (χ0) is 20.5. The number of carbonyl (C=O) groups is 2. The Bertz CT molecular complexity index is 807. The van der Waals surface area contributed by atoms with Crippen molar-refractivity contribution in [3.63, 3.8) is 0 Å². The summed E-state index contributed by atoms with van der Waals surface area (Å²) in [5.74, 6) is 0.650. The minimum atomic E-state index is -0.195. The van der Waals surface area contributed by atoms with Gasteiger partial charge in [0.2, 0.25) is 0 Å². The number of nitrogens with one attached hydrogen (secondary N) is 2. The van der Waals surface area contributed by atoms with E-state index in [2.05, 4.69) is 10.6 Å². The molecule has 0 heterocycles. The second kappa shape index (κ2) is 10.3. The highest BCUT2D eigenvalue weighted by molar-refractivity contribution is 5.94. The summed E-state index contributed by atoms with van der Waals surface area (Å²) in [6.07, 6.45) is 0.887. The Kier molecular flexibility index (Phi) is 7.87. The third-order valence-electron chi connectivity index (χ3n) is 4.66. The zero-order valence-electron chi connectivity index (χ0n) is 17.0. The number of ether oxygens (including phenoxy) is 1. The molecule has 0 bridgehead atoms. The van der Waals surface area contributed by atoms with E-state index in [-0.39, 0.29) is 18.0 Å². The highest BCUT2D eigenvalue weighted by atomic mass is 16.5. The van der Waals surface area contributed by atoms with Crippen LogP contribution in [0.5, 0.6) is 5.75 Å². The second-order valence-electron chi connectivity index (χ2n) is 6.64. The van der Waals surface area contributed by atoms with Crippen molar-refractivity contribution in [2.24, 2.45) is 0 Å². The van der Waals surface area contributed by atoms with Crippen molar-refractivity contribution >= 4 is 11.9 Å². The van der Waals surface area contributed by atoms with Crippen LogP contribution in [0.15, 0.2) is 48.5 Å². The van der Waals surface area contributed by atoms with Gasteiger partial charge in [0.25, 0.3) is 5.91 Å². The smallest absolute Gasteiger partial charge is 0.317 e. The zero-order valence-corrected chi connectivity index (χ0v) is 17.0. The molecule has 0 saturated carbocycles. The van der Waals surface area contributed by atoms with Crippen molar-refractivity contribution in [2.45, 2.75) is 32.9 Å². The number of hydrogen-bond donors (Lipinski definition) is 2. The Morgan fingerprint density at radius 1 is 1.11 bits per heavy atom. The summed E-state index contributed by atoms with van der Waals surface area (Å²) in [7, 11) is 3.37. The molecule has 2 N–H and O–H groups in total. The fourth-order valence-corrected chi connectivity index (χ4v) is 2.86. The van der Waals surface area contributed by atoms with Gasteiger partial charge >= 0.3 is 6.03 Å². The van der Waals surface area contributed by atoms with Gasteiger partial charge in [-0.15, -0.1) is 0 Å². The van der Waals surface area contributed by atoms with Crippen molar-refractivity contribution in [1.82, 2.24) is 15.5 Å². The van der Waals surface area contributed by atoms with Crippen LogP contribution in [-0.2, 0) is 6.54 Å². The summed E-state index contributed by atoms with van der Waals surface area (Å²) in [4.78, 5) is 26.3. The molecule has 0 saturated heterocycles. The minimum absolute atomic E-state index is 0.100. The van der Waals surface area contributed by atoms with Gasteiger partial charge in [0.15, 0.2) is 0 Å². The normalized spacial score (nSPS) is 11.4. The van der Waals surface area contributed by atoms with Crippen molar-refractivity contribution in [1.29, 1.82) is 0 Å². The minimum Gasteiger partial charge on any atom is -0.496 e. The Morgan fingerprint density at radius 3 is 2.57 bits per heavy atom. The average Bonchev–Trinajstić information content (AvgIpc) is 2.74. The van der Waals surface area contributed by atoms with E-state index in [0.29, 0.717) is 18.7 Å². The molecule has 6 heteroatoms. The topological polar surface area (TPSA) is 70.7 Å². The van der Waals surface area contributed by atoms with Gasteiger partial charge in [0.05, 0.1) is 13.2 Å². The number of urea groups is 1. The maximum absolute atomic E-state index is 12.6. The molecule has 0 fully saturated rings. The lowest BCUT2D eigenvalue weighted by molar-refractivity contribution is 0.0953. The van der Waals surface area contributed by atoms with Gasteiger partial charge in [-0.1, -0.05) is 37.3 Å². The maximum Gasteiger partial charge on any atom is 0.317 e. The first-order valence-electron chi connectivity index (χ1n) is 9.48. The van der Waals surface area contributed by atoms with Gasteiger partial charge in [-0.2, -0.15) is 0 Å². The molecule has 2 aromatic carbocycles. The number of methoxy groups -OCH3 is 1.